The van der Waals surface area contributed by atoms with Gasteiger partial charge in [0.1, 0.15) is 6.07 Å². The van der Waals surface area contributed by atoms with Gasteiger partial charge in [0.25, 0.3) is 5.56 Å². The van der Waals surface area contributed by atoms with Gasteiger partial charge in [-0.25, -0.2) is 0 Å². The number of alkyl halides is 1. The van der Waals surface area contributed by atoms with E-state index in [1.54, 1.807) is 17.6 Å². The summed E-state index contributed by atoms with van der Waals surface area (Å²) >= 11 is 5.70. The average Bonchev–Trinajstić information content (AvgIpc) is 2.24. The number of halogens is 1. The summed E-state index contributed by atoms with van der Waals surface area (Å²) in [5.41, 5.74) is 1.17. The van der Waals surface area contributed by atoms with E-state index in [0.29, 0.717) is 23.7 Å². The molecule has 0 radical (unpaired) electrons. The summed E-state index contributed by atoms with van der Waals surface area (Å²) in [5, 5.41) is 8.83. The fourth-order valence-electron chi connectivity index (χ4n) is 1.38. The van der Waals surface area contributed by atoms with Crippen LogP contribution in [0.1, 0.15) is 18.2 Å². The number of pyridine rings is 1. The molecule has 4 heteroatoms. The molecule has 0 spiro atoms. The molecule has 1 unspecified atom stereocenters. The molecule has 0 aliphatic heterocycles. The molecule has 0 N–H and O–H groups in total. The maximum absolute atomic E-state index is 11.6. The molecule has 80 valence electrons. The monoisotopic (exact) mass is 224 g/mol. The number of hydrogen-bond acceptors (Lipinski definition) is 2. The van der Waals surface area contributed by atoms with Gasteiger partial charge in [0.2, 0.25) is 0 Å². The van der Waals surface area contributed by atoms with Crippen molar-refractivity contribution < 1.29 is 0 Å². The van der Waals surface area contributed by atoms with Gasteiger partial charge in [0, 0.05) is 24.2 Å². The number of nitrogens with zero attached hydrogens (tertiary/aromatic N) is 2. The van der Waals surface area contributed by atoms with Crippen molar-refractivity contribution in [2.75, 3.05) is 5.88 Å². The van der Waals surface area contributed by atoms with E-state index in [1.807, 2.05) is 6.92 Å². The van der Waals surface area contributed by atoms with Crippen molar-refractivity contribution in [3.63, 3.8) is 0 Å². The number of rotatable bonds is 3. The van der Waals surface area contributed by atoms with E-state index in [0.717, 1.165) is 0 Å². The SMILES string of the molecule is Cc1c(C#N)ccc(=O)n1CC(C)CCl. The van der Waals surface area contributed by atoms with Gasteiger partial charge in [-0.1, -0.05) is 6.92 Å². The van der Waals surface area contributed by atoms with Crippen molar-refractivity contribution in [1.82, 2.24) is 4.57 Å². The van der Waals surface area contributed by atoms with Crippen molar-refractivity contribution in [3.05, 3.63) is 33.7 Å². The van der Waals surface area contributed by atoms with Crippen LogP contribution in [0.25, 0.3) is 0 Å². The van der Waals surface area contributed by atoms with E-state index in [4.69, 9.17) is 16.9 Å². The summed E-state index contributed by atoms with van der Waals surface area (Å²) in [5.74, 6) is 0.722. The first-order chi connectivity index (χ1) is 7.10. The zero-order valence-corrected chi connectivity index (χ0v) is 9.58. The highest BCUT2D eigenvalue weighted by atomic mass is 35.5. The van der Waals surface area contributed by atoms with Gasteiger partial charge in [0.15, 0.2) is 0 Å². The van der Waals surface area contributed by atoms with Gasteiger partial charge in [-0.2, -0.15) is 5.26 Å². The molecule has 0 bridgehead atoms. The number of hydrogen-bond donors (Lipinski definition) is 0. The Labute approximate surface area is 93.9 Å². The molecule has 1 rings (SSSR count). The fraction of sp³-hybridized carbons (Fsp3) is 0.455. The number of aromatic nitrogens is 1. The highest BCUT2D eigenvalue weighted by Crippen LogP contribution is 2.07. The minimum absolute atomic E-state index is 0.0801. The van der Waals surface area contributed by atoms with Crippen LogP contribution < -0.4 is 5.56 Å². The van der Waals surface area contributed by atoms with Crippen LogP contribution in [0.2, 0.25) is 0 Å². The second-order valence-corrected chi connectivity index (χ2v) is 3.96. The van der Waals surface area contributed by atoms with Crippen LogP contribution in [0.4, 0.5) is 0 Å². The van der Waals surface area contributed by atoms with Crippen molar-refractivity contribution in [2.24, 2.45) is 5.92 Å². The van der Waals surface area contributed by atoms with Crippen LogP contribution in [-0.4, -0.2) is 10.4 Å². The van der Waals surface area contributed by atoms with E-state index in [1.165, 1.54) is 6.07 Å². The Morgan fingerprint density at radius 2 is 2.27 bits per heavy atom. The molecule has 0 saturated carbocycles. The largest absolute Gasteiger partial charge is 0.311 e. The minimum atomic E-state index is -0.0801. The molecule has 1 aromatic heterocycles. The van der Waals surface area contributed by atoms with Crippen LogP contribution in [0.5, 0.6) is 0 Å². The second kappa shape index (κ2) is 4.99. The predicted octanol–water partition coefficient (Wildman–Crippen LogP) is 1.90. The third-order valence-electron chi connectivity index (χ3n) is 2.33. The first kappa shape index (κ1) is 11.8. The highest BCUT2D eigenvalue weighted by molar-refractivity contribution is 6.18. The third-order valence-corrected chi connectivity index (χ3v) is 2.86. The first-order valence-electron chi connectivity index (χ1n) is 4.76. The maximum atomic E-state index is 11.6. The highest BCUT2D eigenvalue weighted by Gasteiger charge is 2.08. The van der Waals surface area contributed by atoms with Crippen molar-refractivity contribution >= 4 is 11.6 Å². The van der Waals surface area contributed by atoms with E-state index in [9.17, 15) is 4.79 Å². The Kier molecular flexibility index (Phi) is 3.93. The molecular weight excluding hydrogens is 212 g/mol. The van der Waals surface area contributed by atoms with Gasteiger partial charge in [0.05, 0.1) is 5.56 Å². The molecule has 1 heterocycles. The fourth-order valence-corrected chi connectivity index (χ4v) is 1.48. The molecule has 0 aliphatic rings. The molecule has 1 aromatic rings. The molecular formula is C11H13ClN2O. The standard InChI is InChI=1S/C11H13ClN2O/c1-8(5-12)7-14-9(2)10(6-13)3-4-11(14)15/h3-4,8H,5,7H2,1-2H3. The van der Waals surface area contributed by atoms with Crippen LogP contribution in [-0.2, 0) is 6.54 Å². The zero-order valence-electron chi connectivity index (χ0n) is 8.83. The van der Waals surface area contributed by atoms with Gasteiger partial charge >= 0.3 is 0 Å². The Balaban J connectivity index is 3.17. The van der Waals surface area contributed by atoms with Gasteiger partial charge in [-0.05, 0) is 18.9 Å². The Morgan fingerprint density at radius 1 is 1.60 bits per heavy atom. The van der Waals surface area contributed by atoms with Gasteiger partial charge < -0.3 is 4.57 Å². The van der Waals surface area contributed by atoms with Crippen molar-refractivity contribution in [1.29, 1.82) is 5.26 Å². The Hall–Kier alpha value is -1.27. The predicted molar refractivity (Wildman–Crippen MR) is 60.0 cm³/mol. The molecule has 0 amide bonds. The Bertz CT molecular complexity index is 445. The van der Waals surface area contributed by atoms with Crippen LogP contribution >= 0.6 is 11.6 Å². The topological polar surface area (TPSA) is 45.8 Å². The number of nitriles is 1. The molecule has 1 atom stereocenters. The van der Waals surface area contributed by atoms with Gasteiger partial charge in [-0.3, -0.25) is 4.79 Å². The van der Waals surface area contributed by atoms with E-state index < -0.39 is 0 Å². The molecule has 15 heavy (non-hydrogen) atoms. The average molecular weight is 225 g/mol. The summed E-state index contributed by atoms with van der Waals surface area (Å²) in [6.45, 7) is 4.31. The summed E-state index contributed by atoms with van der Waals surface area (Å²) < 4.78 is 1.60. The Morgan fingerprint density at radius 3 is 2.80 bits per heavy atom. The lowest BCUT2D eigenvalue weighted by Gasteiger charge is -2.13. The summed E-state index contributed by atoms with van der Waals surface area (Å²) in [7, 11) is 0. The zero-order chi connectivity index (χ0) is 11.4. The lowest BCUT2D eigenvalue weighted by molar-refractivity contribution is 0.506. The smallest absolute Gasteiger partial charge is 0.250 e. The van der Waals surface area contributed by atoms with Crippen molar-refractivity contribution in [3.8, 4) is 6.07 Å². The quantitative estimate of drug-likeness (QED) is 0.737. The minimum Gasteiger partial charge on any atom is -0.311 e. The van der Waals surface area contributed by atoms with E-state index >= 15 is 0 Å². The van der Waals surface area contributed by atoms with Crippen LogP contribution in [0.15, 0.2) is 16.9 Å². The maximum Gasteiger partial charge on any atom is 0.250 e. The summed E-state index contributed by atoms with van der Waals surface area (Å²) in [4.78, 5) is 11.6. The second-order valence-electron chi connectivity index (χ2n) is 3.65. The summed E-state index contributed by atoms with van der Waals surface area (Å²) in [6.07, 6.45) is 0. The normalized spacial score (nSPS) is 12.1. The third kappa shape index (κ3) is 2.60. The molecule has 0 aromatic carbocycles. The molecule has 3 nitrogen and oxygen atoms in total. The molecule has 0 aliphatic carbocycles. The lowest BCUT2D eigenvalue weighted by Crippen LogP contribution is -2.25. The summed E-state index contributed by atoms with van der Waals surface area (Å²) in [6, 6.07) is 5.04. The van der Waals surface area contributed by atoms with Crippen LogP contribution in [0, 0.1) is 24.2 Å². The molecule has 0 fully saturated rings. The first-order valence-corrected chi connectivity index (χ1v) is 5.30. The van der Waals surface area contributed by atoms with Gasteiger partial charge in [-0.15, -0.1) is 11.6 Å². The van der Waals surface area contributed by atoms with E-state index in [-0.39, 0.29) is 11.5 Å². The van der Waals surface area contributed by atoms with Crippen LogP contribution in [0.3, 0.4) is 0 Å². The van der Waals surface area contributed by atoms with Crippen molar-refractivity contribution in [2.45, 2.75) is 20.4 Å². The lowest BCUT2D eigenvalue weighted by atomic mass is 10.1. The van der Waals surface area contributed by atoms with E-state index in [2.05, 4.69) is 6.07 Å². The molecule has 0 saturated heterocycles.